The lowest BCUT2D eigenvalue weighted by Gasteiger charge is -2.32. The Labute approximate surface area is 126 Å². The van der Waals surface area contributed by atoms with Gasteiger partial charge < -0.3 is 19.3 Å². The summed E-state index contributed by atoms with van der Waals surface area (Å²) in [4.78, 5) is 0. The molecular formula is C17H24O4. The third-order valence-electron chi connectivity index (χ3n) is 3.81. The minimum atomic E-state index is -1.20. The monoisotopic (exact) mass is 292 g/mol. The first-order valence-corrected chi connectivity index (χ1v) is 7.06. The average Bonchev–Trinajstić information content (AvgIpc) is 2.90. The fourth-order valence-electron chi connectivity index (χ4n) is 2.38. The number of benzene rings is 1. The molecule has 0 aliphatic carbocycles. The summed E-state index contributed by atoms with van der Waals surface area (Å²) >= 11 is 0. The van der Waals surface area contributed by atoms with Gasteiger partial charge in [-0.1, -0.05) is 45.0 Å². The SMILES string of the molecule is COC1C=CC(OC)(C(O)c2ccc(C(C)(C)C)cc2)O1. The van der Waals surface area contributed by atoms with Gasteiger partial charge >= 0.3 is 0 Å². The molecule has 1 aromatic carbocycles. The van der Waals surface area contributed by atoms with Gasteiger partial charge in [0.2, 0.25) is 5.79 Å². The summed E-state index contributed by atoms with van der Waals surface area (Å²) in [6, 6.07) is 7.86. The molecule has 1 aliphatic rings. The number of ether oxygens (including phenoxy) is 3. The van der Waals surface area contributed by atoms with Gasteiger partial charge in [0.15, 0.2) is 6.29 Å². The number of methoxy groups -OCH3 is 2. The van der Waals surface area contributed by atoms with Crippen molar-refractivity contribution in [1.29, 1.82) is 0 Å². The zero-order valence-corrected chi connectivity index (χ0v) is 13.3. The molecule has 0 bridgehead atoms. The van der Waals surface area contributed by atoms with Crippen molar-refractivity contribution in [2.45, 2.75) is 44.4 Å². The van der Waals surface area contributed by atoms with Crippen molar-refractivity contribution in [1.82, 2.24) is 0 Å². The maximum absolute atomic E-state index is 10.6. The highest BCUT2D eigenvalue weighted by Crippen LogP contribution is 2.37. The quantitative estimate of drug-likeness (QED) is 0.867. The summed E-state index contributed by atoms with van der Waals surface area (Å²) in [5.41, 5.74) is 2.03. The average molecular weight is 292 g/mol. The van der Waals surface area contributed by atoms with Gasteiger partial charge in [0.05, 0.1) is 0 Å². The molecule has 1 aromatic rings. The predicted octanol–water partition coefficient (Wildman–Crippen LogP) is 2.92. The van der Waals surface area contributed by atoms with Crippen LogP contribution in [-0.4, -0.2) is 31.4 Å². The first kappa shape index (κ1) is 16.2. The zero-order chi connectivity index (χ0) is 15.7. The van der Waals surface area contributed by atoms with Gasteiger partial charge in [0.25, 0.3) is 0 Å². The van der Waals surface area contributed by atoms with Crippen LogP contribution in [0.25, 0.3) is 0 Å². The van der Waals surface area contributed by atoms with Gasteiger partial charge in [-0.3, -0.25) is 0 Å². The molecule has 0 saturated heterocycles. The van der Waals surface area contributed by atoms with E-state index in [9.17, 15) is 5.11 Å². The molecular weight excluding hydrogens is 268 g/mol. The van der Waals surface area contributed by atoms with Crippen LogP contribution in [0.5, 0.6) is 0 Å². The van der Waals surface area contributed by atoms with Gasteiger partial charge in [0.1, 0.15) is 6.10 Å². The molecule has 1 N–H and O–H groups in total. The van der Waals surface area contributed by atoms with Gasteiger partial charge in [-0.15, -0.1) is 0 Å². The lowest BCUT2D eigenvalue weighted by Crippen LogP contribution is -2.39. The Kier molecular flexibility index (Phi) is 4.54. The maximum Gasteiger partial charge on any atom is 0.221 e. The first-order valence-electron chi connectivity index (χ1n) is 7.06. The van der Waals surface area contributed by atoms with Crippen molar-refractivity contribution < 1.29 is 19.3 Å². The molecule has 2 rings (SSSR count). The Morgan fingerprint density at radius 1 is 1.19 bits per heavy atom. The van der Waals surface area contributed by atoms with Crippen molar-refractivity contribution in [3.63, 3.8) is 0 Å². The molecule has 4 nitrogen and oxygen atoms in total. The Hall–Kier alpha value is -1.20. The highest BCUT2D eigenvalue weighted by atomic mass is 16.8. The minimum absolute atomic E-state index is 0.0767. The summed E-state index contributed by atoms with van der Waals surface area (Å²) in [6.45, 7) is 6.46. The van der Waals surface area contributed by atoms with Gasteiger partial charge in [-0.25, -0.2) is 0 Å². The van der Waals surface area contributed by atoms with E-state index >= 15 is 0 Å². The van der Waals surface area contributed by atoms with Gasteiger partial charge in [-0.2, -0.15) is 0 Å². The molecule has 1 aliphatic heterocycles. The van der Waals surface area contributed by atoms with Crippen LogP contribution in [0, 0.1) is 0 Å². The van der Waals surface area contributed by atoms with Gasteiger partial charge in [0, 0.05) is 14.2 Å². The van der Waals surface area contributed by atoms with Crippen molar-refractivity contribution in [2.24, 2.45) is 0 Å². The van der Waals surface area contributed by atoms with Crippen LogP contribution in [-0.2, 0) is 19.6 Å². The lowest BCUT2D eigenvalue weighted by molar-refractivity contribution is -0.281. The van der Waals surface area contributed by atoms with Crippen molar-refractivity contribution in [2.75, 3.05) is 14.2 Å². The van der Waals surface area contributed by atoms with E-state index in [0.717, 1.165) is 5.56 Å². The molecule has 0 spiro atoms. The maximum atomic E-state index is 10.6. The molecule has 0 amide bonds. The number of aliphatic hydroxyl groups is 1. The van der Waals surface area contributed by atoms with Crippen molar-refractivity contribution >= 4 is 0 Å². The van der Waals surface area contributed by atoms with Crippen LogP contribution in [0.3, 0.4) is 0 Å². The van der Waals surface area contributed by atoms with E-state index < -0.39 is 18.2 Å². The van der Waals surface area contributed by atoms with E-state index in [2.05, 4.69) is 20.8 Å². The number of rotatable bonds is 4. The molecule has 21 heavy (non-hydrogen) atoms. The zero-order valence-electron chi connectivity index (χ0n) is 13.3. The van der Waals surface area contributed by atoms with E-state index in [1.165, 1.54) is 12.7 Å². The van der Waals surface area contributed by atoms with Crippen LogP contribution in [0.4, 0.5) is 0 Å². The van der Waals surface area contributed by atoms with Crippen molar-refractivity contribution in [3.8, 4) is 0 Å². The number of hydrogen-bond acceptors (Lipinski definition) is 4. The summed E-state index contributed by atoms with van der Waals surface area (Å²) < 4.78 is 16.2. The van der Waals surface area contributed by atoms with E-state index in [1.807, 2.05) is 24.3 Å². The van der Waals surface area contributed by atoms with Crippen LogP contribution in [0.1, 0.15) is 38.0 Å². The second kappa shape index (κ2) is 5.89. The summed E-state index contributed by atoms with van der Waals surface area (Å²) in [5.74, 6) is -1.20. The first-order chi connectivity index (χ1) is 9.82. The molecule has 1 heterocycles. The molecule has 3 unspecified atom stereocenters. The Morgan fingerprint density at radius 3 is 2.24 bits per heavy atom. The molecule has 0 fully saturated rings. The summed E-state index contributed by atoms with van der Waals surface area (Å²) in [6.07, 6.45) is 2.00. The Bertz CT molecular complexity index is 501. The molecule has 0 radical (unpaired) electrons. The molecule has 0 aromatic heterocycles. The summed E-state index contributed by atoms with van der Waals surface area (Å²) in [7, 11) is 3.06. The van der Waals surface area contributed by atoms with Crippen molar-refractivity contribution in [3.05, 3.63) is 47.5 Å². The largest absolute Gasteiger partial charge is 0.382 e. The molecule has 0 saturated carbocycles. The second-order valence-corrected chi connectivity index (χ2v) is 6.28. The molecule has 4 heteroatoms. The van der Waals surface area contributed by atoms with Crippen LogP contribution < -0.4 is 0 Å². The standard InChI is InChI=1S/C17H24O4/c1-16(2,3)13-8-6-12(7-9-13)15(18)17(20-5)11-10-14(19-4)21-17/h6-11,14-15,18H,1-5H3. The van der Waals surface area contributed by atoms with Gasteiger partial charge in [-0.05, 0) is 28.7 Å². The van der Waals surface area contributed by atoms with E-state index in [4.69, 9.17) is 14.2 Å². The second-order valence-electron chi connectivity index (χ2n) is 6.28. The highest BCUT2D eigenvalue weighted by Gasteiger charge is 2.43. The fourth-order valence-corrected chi connectivity index (χ4v) is 2.38. The smallest absolute Gasteiger partial charge is 0.221 e. The van der Waals surface area contributed by atoms with Crippen LogP contribution >= 0.6 is 0 Å². The number of aliphatic hydroxyl groups excluding tert-OH is 1. The highest BCUT2D eigenvalue weighted by molar-refractivity contribution is 5.30. The van der Waals surface area contributed by atoms with E-state index in [1.54, 1.807) is 19.3 Å². The number of hydrogen-bond donors (Lipinski definition) is 1. The Balaban J connectivity index is 2.23. The molecule has 3 atom stereocenters. The predicted molar refractivity (Wildman–Crippen MR) is 80.9 cm³/mol. The molecule has 116 valence electrons. The summed E-state index contributed by atoms with van der Waals surface area (Å²) in [5, 5.41) is 10.6. The lowest BCUT2D eigenvalue weighted by atomic mass is 9.86. The van der Waals surface area contributed by atoms with E-state index in [-0.39, 0.29) is 5.41 Å². The third-order valence-corrected chi connectivity index (χ3v) is 3.81. The topological polar surface area (TPSA) is 47.9 Å². The Morgan fingerprint density at radius 2 is 1.81 bits per heavy atom. The van der Waals surface area contributed by atoms with Crippen LogP contribution in [0.15, 0.2) is 36.4 Å². The van der Waals surface area contributed by atoms with Crippen LogP contribution in [0.2, 0.25) is 0 Å². The van der Waals surface area contributed by atoms with E-state index in [0.29, 0.717) is 0 Å². The minimum Gasteiger partial charge on any atom is -0.382 e. The third kappa shape index (κ3) is 3.19. The fraction of sp³-hybridized carbons (Fsp3) is 0.529. The normalized spacial score (nSPS) is 27.0.